The predicted molar refractivity (Wildman–Crippen MR) is 83.6 cm³/mol. The summed E-state index contributed by atoms with van der Waals surface area (Å²) in [6.07, 6.45) is 4.95. The summed E-state index contributed by atoms with van der Waals surface area (Å²) >= 11 is 3.28. The van der Waals surface area contributed by atoms with Gasteiger partial charge < -0.3 is 4.57 Å². The van der Waals surface area contributed by atoms with Crippen LogP contribution in [0, 0.1) is 10.1 Å². The number of nitrogens with zero attached hydrogens (tertiary/aromatic N) is 2. The van der Waals surface area contributed by atoms with Gasteiger partial charge in [0.1, 0.15) is 4.47 Å². The average molecular weight is 351 g/mol. The number of hydrogen-bond acceptors (Lipinski definition) is 3. The van der Waals surface area contributed by atoms with Crippen LogP contribution in [0.4, 0.5) is 5.69 Å². The second kappa shape index (κ2) is 6.67. The van der Waals surface area contributed by atoms with Gasteiger partial charge in [0.25, 0.3) is 5.69 Å². The fraction of sp³-hybridized carbons (Fsp3) is 0.267. The minimum atomic E-state index is -0.417. The zero-order valence-corrected chi connectivity index (χ0v) is 13.2. The number of halogens is 1. The van der Waals surface area contributed by atoms with Crippen LogP contribution in [-0.2, 0) is 6.54 Å². The third-order valence-electron chi connectivity index (χ3n) is 3.16. The Hall–Kier alpha value is -1.95. The smallest absolute Gasteiger partial charge is 0.283 e. The van der Waals surface area contributed by atoms with Gasteiger partial charge in [-0.3, -0.25) is 14.9 Å². The molecule has 0 fully saturated rings. The van der Waals surface area contributed by atoms with E-state index in [-0.39, 0.29) is 11.5 Å². The van der Waals surface area contributed by atoms with Gasteiger partial charge in [0.05, 0.1) is 4.92 Å². The zero-order chi connectivity index (χ0) is 15.4. The predicted octanol–water partition coefficient (Wildman–Crippen LogP) is 4.19. The Morgan fingerprint density at radius 2 is 2.14 bits per heavy atom. The second-order valence-corrected chi connectivity index (χ2v) is 5.55. The third-order valence-corrected chi connectivity index (χ3v) is 4.07. The fourth-order valence-corrected chi connectivity index (χ4v) is 2.64. The van der Waals surface area contributed by atoms with Crippen molar-refractivity contribution >= 4 is 27.4 Å². The van der Waals surface area contributed by atoms with E-state index in [4.69, 9.17) is 0 Å². The van der Waals surface area contributed by atoms with Crippen LogP contribution in [-0.4, -0.2) is 15.3 Å². The Labute approximate surface area is 130 Å². The molecule has 0 aliphatic heterocycles. The maximum Gasteiger partial charge on any atom is 0.283 e. The van der Waals surface area contributed by atoms with Gasteiger partial charge in [-0.15, -0.1) is 0 Å². The standard InChI is InChI=1S/C15H15BrN2O3/c1-2-4-14(19)11-7-8-17(9-11)10-12-5-3-6-13(15(12)16)18(20)21/h3,5-9H,2,4,10H2,1H3. The lowest BCUT2D eigenvalue weighted by molar-refractivity contribution is -0.385. The van der Waals surface area contributed by atoms with E-state index < -0.39 is 4.92 Å². The van der Waals surface area contributed by atoms with Gasteiger partial charge in [-0.2, -0.15) is 0 Å². The first-order valence-electron chi connectivity index (χ1n) is 6.63. The molecule has 2 rings (SSSR count). The number of carbonyl (C=O) groups excluding carboxylic acids is 1. The van der Waals surface area contributed by atoms with E-state index in [1.165, 1.54) is 6.07 Å². The van der Waals surface area contributed by atoms with E-state index in [1.54, 1.807) is 18.3 Å². The van der Waals surface area contributed by atoms with Crippen molar-refractivity contribution in [2.45, 2.75) is 26.3 Å². The molecule has 1 aromatic heterocycles. The molecule has 0 spiro atoms. The molecular weight excluding hydrogens is 336 g/mol. The van der Waals surface area contributed by atoms with Crippen molar-refractivity contribution in [1.29, 1.82) is 0 Å². The summed E-state index contributed by atoms with van der Waals surface area (Å²) in [5, 5.41) is 10.9. The van der Waals surface area contributed by atoms with E-state index >= 15 is 0 Å². The minimum absolute atomic E-state index is 0.0435. The largest absolute Gasteiger partial charge is 0.349 e. The lowest BCUT2D eigenvalue weighted by Crippen LogP contribution is -2.01. The fourth-order valence-electron chi connectivity index (χ4n) is 2.10. The van der Waals surface area contributed by atoms with Crippen LogP contribution >= 0.6 is 15.9 Å². The molecule has 0 N–H and O–H groups in total. The van der Waals surface area contributed by atoms with Crippen LogP contribution in [0.25, 0.3) is 0 Å². The molecule has 0 atom stereocenters. The van der Waals surface area contributed by atoms with Crippen LogP contribution in [0.15, 0.2) is 41.1 Å². The number of aromatic nitrogens is 1. The first kappa shape index (κ1) is 15.4. The Morgan fingerprint density at radius 1 is 1.38 bits per heavy atom. The number of benzene rings is 1. The van der Waals surface area contributed by atoms with Crippen molar-refractivity contribution in [3.63, 3.8) is 0 Å². The number of ketones is 1. The van der Waals surface area contributed by atoms with Gasteiger partial charge >= 0.3 is 0 Å². The summed E-state index contributed by atoms with van der Waals surface area (Å²) < 4.78 is 2.33. The van der Waals surface area contributed by atoms with Crippen LogP contribution in [0.3, 0.4) is 0 Å². The van der Waals surface area contributed by atoms with E-state index in [0.29, 0.717) is 23.0 Å². The van der Waals surface area contributed by atoms with Crippen LogP contribution in [0.1, 0.15) is 35.7 Å². The van der Waals surface area contributed by atoms with Gasteiger partial charge in [0.2, 0.25) is 0 Å². The number of hydrogen-bond donors (Lipinski definition) is 0. The molecule has 6 heteroatoms. The highest BCUT2D eigenvalue weighted by Gasteiger charge is 2.15. The van der Waals surface area contributed by atoms with E-state index in [9.17, 15) is 14.9 Å². The topological polar surface area (TPSA) is 65.1 Å². The number of rotatable bonds is 6. The molecule has 1 heterocycles. The Kier molecular flexibility index (Phi) is 4.90. The molecule has 1 aromatic carbocycles. The summed E-state index contributed by atoms with van der Waals surface area (Å²) in [5.41, 5.74) is 1.52. The van der Waals surface area contributed by atoms with Crippen molar-refractivity contribution in [2.75, 3.05) is 0 Å². The maximum absolute atomic E-state index is 11.8. The van der Waals surface area contributed by atoms with E-state index in [2.05, 4.69) is 15.9 Å². The lowest BCUT2D eigenvalue weighted by atomic mass is 10.1. The molecule has 2 aromatic rings. The summed E-state index contributed by atoms with van der Waals surface area (Å²) in [7, 11) is 0. The third kappa shape index (κ3) is 3.58. The summed E-state index contributed by atoms with van der Waals surface area (Å²) in [4.78, 5) is 22.3. The van der Waals surface area contributed by atoms with Gasteiger partial charge in [-0.1, -0.05) is 19.1 Å². The van der Waals surface area contributed by atoms with Crippen LogP contribution in [0.2, 0.25) is 0 Å². The Bertz CT molecular complexity index is 679. The van der Waals surface area contributed by atoms with Crippen molar-refractivity contribution in [1.82, 2.24) is 4.57 Å². The van der Waals surface area contributed by atoms with Gasteiger partial charge in [-0.05, 0) is 34.0 Å². The molecule has 0 unspecified atom stereocenters. The first-order valence-corrected chi connectivity index (χ1v) is 7.43. The van der Waals surface area contributed by atoms with Crippen molar-refractivity contribution < 1.29 is 9.72 Å². The van der Waals surface area contributed by atoms with Crippen molar-refractivity contribution in [3.05, 3.63) is 62.4 Å². The van der Waals surface area contributed by atoms with Crippen LogP contribution < -0.4 is 0 Å². The molecule has 5 nitrogen and oxygen atoms in total. The average Bonchev–Trinajstić information content (AvgIpc) is 2.90. The van der Waals surface area contributed by atoms with Gasteiger partial charge in [0, 0.05) is 37.0 Å². The highest BCUT2D eigenvalue weighted by atomic mass is 79.9. The van der Waals surface area contributed by atoms with E-state index in [1.807, 2.05) is 23.8 Å². The molecule has 0 aliphatic carbocycles. The number of nitro groups is 1. The highest BCUT2D eigenvalue weighted by Crippen LogP contribution is 2.28. The minimum Gasteiger partial charge on any atom is -0.349 e. The van der Waals surface area contributed by atoms with Crippen LogP contribution in [0.5, 0.6) is 0 Å². The summed E-state index contributed by atoms with van der Waals surface area (Å²) in [6.45, 7) is 2.44. The molecular formula is C15H15BrN2O3. The highest BCUT2D eigenvalue weighted by molar-refractivity contribution is 9.10. The zero-order valence-electron chi connectivity index (χ0n) is 11.6. The van der Waals surface area contributed by atoms with Gasteiger partial charge in [0.15, 0.2) is 5.78 Å². The van der Waals surface area contributed by atoms with E-state index in [0.717, 1.165) is 12.0 Å². The Morgan fingerprint density at radius 3 is 2.81 bits per heavy atom. The molecule has 0 saturated heterocycles. The van der Waals surface area contributed by atoms with Gasteiger partial charge in [-0.25, -0.2) is 0 Å². The molecule has 0 amide bonds. The number of Topliss-reactive ketones (excluding diaryl/α,β-unsaturated/α-hetero) is 1. The summed E-state index contributed by atoms with van der Waals surface area (Å²) in [5.74, 6) is 0.120. The molecule has 0 saturated carbocycles. The SMILES string of the molecule is CCCC(=O)c1ccn(Cc2cccc([N+](=O)[O-])c2Br)c1. The number of nitro benzene ring substituents is 1. The summed E-state index contributed by atoms with van der Waals surface area (Å²) in [6, 6.07) is 6.72. The molecule has 21 heavy (non-hydrogen) atoms. The van der Waals surface area contributed by atoms with Crippen molar-refractivity contribution in [2.24, 2.45) is 0 Å². The lowest BCUT2D eigenvalue weighted by Gasteiger charge is -2.06. The Balaban J connectivity index is 2.21. The maximum atomic E-state index is 11.8. The normalized spacial score (nSPS) is 10.6. The first-order chi connectivity index (χ1) is 10.0. The molecule has 0 radical (unpaired) electrons. The quantitative estimate of drug-likeness (QED) is 0.445. The monoisotopic (exact) mass is 350 g/mol. The molecule has 110 valence electrons. The molecule has 0 bridgehead atoms. The number of carbonyl (C=O) groups is 1. The van der Waals surface area contributed by atoms with Crippen molar-refractivity contribution in [3.8, 4) is 0 Å². The second-order valence-electron chi connectivity index (χ2n) is 4.75. The molecule has 0 aliphatic rings.